The Morgan fingerprint density at radius 1 is 1.25 bits per heavy atom. The molecule has 0 saturated carbocycles. The van der Waals surface area contributed by atoms with Crippen molar-refractivity contribution in [2.45, 2.75) is 18.7 Å². The van der Waals surface area contributed by atoms with E-state index in [-0.39, 0.29) is 10.3 Å². The molecule has 0 unspecified atom stereocenters. The van der Waals surface area contributed by atoms with E-state index < -0.39 is 10.0 Å². The van der Waals surface area contributed by atoms with Gasteiger partial charge in [0.1, 0.15) is 0 Å². The summed E-state index contributed by atoms with van der Waals surface area (Å²) in [5.41, 5.74) is 0.278. The van der Waals surface area contributed by atoms with E-state index in [0.717, 1.165) is 6.54 Å². The van der Waals surface area contributed by atoms with E-state index in [1.807, 2.05) is 38.9 Å². The van der Waals surface area contributed by atoms with Crippen molar-refractivity contribution in [1.82, 2.24) is 9.62 Å². The third kappa shape index (κ3) is 4.93. The van der Waals surface area contributed by atoms with Gasteiger partial charge in [0.25, 0.3) is 0 Å². The number of benzene rings is 1. The molecule has 0 spiro atoms. The third-order valence-electron chi connectivity index (χ3n) is 2.78. The van der Waals surface area contributed by atoms with Gasteiger partial charge in [-0.2, -0.15) is 5.26 Å². The summed E-state index contributed by atoms with van der Waals surface area (Å²) in [6, 6.07) is 7.85. The molecule has 0 heterocycles. The Hall–Kier alpha value is -1.42. The molecule has 0 fully saturated rings. The first-order valence-electron chi connectivity index (χ1n) is 6.31. The molecule has 5 nitrogen and oxygen atoms in total. The molecule has 0 saturated heterocycles. The van der Waals surface area contributed by atoms with Gasteiger partial charge in [-0.05, 0) is 43.8 Å². The molecule has 1 aromatic rings. The normalized spacial score (nSPS) is 12.4. The predicted molar refractivity (Wildman–Crippen MR) is 78.7 cm³/mol. The molecule has 110 valence electrons. The van der Waals surface area contributed by atoms with Gasteiger partial charge in [-0.15, -0.1) is 0 Å². The summed E-state index contributed by atoms with van der Waals surface area (Å²) in [7, 11) is 0.378. The Bertz CT molecular complexity index is 584. The fourth-order valence-corrected chi connectivity index (χ4v) is 3.24. The van der Waals surface area contributed by atoms with Gasteiger partial charge in [-0.25, -0.2) is 13.1 Å². The summed E-state index contributed by atoms with van der Waals surface area (Å²) in [6.45, 7) is 5.15. The van der Waals surface area contributed by atoms with E-state index in [9.17, 15) is 8.42 Å². The van der Waals surface area contributed by atoms with E-state index >= 15 is 0 Å². The third-order valence-corrected chi connectivity index (χ3v) is 4.20. The lowest BCUT2D eigenvalue weighted by atomic mass is 9.93. The van der Waals surface area contributed by atoms with Gasteiger partial charge < -0.3 is 4.90 Å². The van der Waals surface area contributed by atoms with Crippen molar-refractivity contribution in [2.75, 3.05) is 27.2 Å². The molecule has 1 N–H and O–H groups in total. The molecule has 0 atom stereocenters. The maximum atomic E-state index is 12.2. The zero-order chi connectivity index (χ0) is 15.4. The lowest BCUT2D eigenvalue weighted by molar-refractivity contribution is 0.242. The summed E-state index contributed by atoms with van der Waals surface area (Å²) in [4.78, 5) is 2.20. The molecule has 20 heavy (non-hydrogen) atoms. The quantitative estimate of drug-likeness (QED) is 0.861. The fourth-order valence-electron chi connectivity index (χ4n) is 1.99. The molecule has 1 rings (SSSR count). The van der Waals surface area contributed by atoms with Crippen molar-refractivity contribution < 1.29 is 8.42 Å². The van der Waals surface area contributed by atoms with Crippen molar-refractivity contribution >= 4 is 10.0 Å². The lowest BCUT2D eigenvalue weighted by Crippen LogP contribution is -2.39. The largest absolute Gasteiger partial charge is 0.309 e. The Morgan fingerprint density at radius 2 is 1.80 bits per heavy atom. The van der Waals surface area contributed by atoms with Crippen molar-refractivity contribution in [3.63, 3.8) is 0 Å². The Morgan fingerprint density at radius 3 is 2.25 bits per heavy atom. The number of hydrogen-bond donors (Lipinski definition) is 1. The van der Waals surface area contributed by atoms with Crippen LogP contribution in [0.2, 0.25) is 0 Å². The van der Waals surface area contributed by atoms with E-state index in [0.29, 0.717) is 12.1 Å². The highest BCUT2D eigenvalue weighted by molar-refractivity contribution is 7.89. The fraction of sp³-hybridized carbons (Fsp3) is 0.500. The van der Waals surface area contributed by atoms with Crippen LogP contribution in [0.4, 0.5) is 0 Å². The maximum absolute atomic E-state index is 12.2. The van der Waals surface area contributed by atoms with Crippen LogP contribution in [0.15, 0.2) is 29.2 Å². The summed E-state index contributed by atoms with van der Waals surface area (Å²) in [5.74, 6) is 0. The number of hydrogen-bond acceptors (Lipinski definition) is 4. The van der Waals surface area contributed by atoms with Crippen molar-refractivity contribution in [3.8, 4) is 6.07 Å². The van der Waals surface area contributed by atoms with Gasteiger partial charge >= 0.3 is 0 Å². The second-order valence-corrected chi connectivity index (χ2v) is 7.63. The first kappa shape index (κ1) is 16.6. The summed E-state index contributed by atoms with van der Waals surface area (Å²) < 4.78 is 26.9. The van der Waals surface area contributed by atoms with Gasteiger partial charge in [0.05, 0.1) is 16.5 Å². The summed E-state index contributed by atoms with van der Waals surface area (Å²) >= 11 is 0. The highest BCUT2D eigenvalue weighted by atomic mass is 32.2. The zero-order valence-electron chi connectivity index (χ0n) is 12.3. The molecule has 0 bridgehead atoms. The lowest BCUT2D eigenvalue weighted by Gasteiger charge is -2.28. The van der Waals surface area contributed by atoms with Crippen LogP contribution in [0, 0.1) is 16.7 Å². The van der Waals surface area contributed by atoms with Gasteiger partial charge in [-0.1, -0.05) is 13.8 Å². The molecule has 6 heteroatoms. The predicted octanol–water partition coefficient (Wildman–Crippen LogP) is 1.42. The smallest absolute Gasteiger partial charge is 0.240 e. The van der Waals surface area contributed by atoms with Gasteiger partial charge in [0, 0.05) is 13.1 Å². The number of rotatable bonds is 6. The van der Waals surface area contributed by atoms with Gasteiger partial charge in [0.15, 0.2) is 0 Å². The molecule has 0 aromatic heterocycles. The number of sulfonamides is 1. The standard InChI is InChI=1S/C14H21N3O2S/c1-14(2,11-17(3)4)10-16-20(18,19)13-7-5-12(9-15)6-8-13/h5-8,16H,10-11H2,1-4H3. The minimum atomic E-state index is -3.53. The first-order valence-corrected chi connectivity index (χ1v) is 7.79. The van der Waals surface area contributed by atoms with Gasteiger partial charge in [0.2, 0.25) is 10.0 Å². The molecule has 1 aromatic carbocycles. The summed E-state index contributed by atoms with van der Waals surface area (Å²) in [5, 5.41) is 8.71. The van der Waals surface area contributed by atoms with E-state index in [4.69, 9.17) is 5.26 Å². The average molecular weight is 295 g/mol. The topological polar surface area (TPSA) is 73.2 Å². The minimum Gasteiger partial charge on any atom is -0.309 e. The Kier molecular flexibility index (Phi) is 5.28. The number of nitrogens with one attached hydrogen (secondary N) is 1. The SMILES string of the molecule is CN(C)CC(C)(C)CNS(=O)(=O)c1ccc(C#N)cc1. The zero-order valence-corrected chi connectivity index (χ0v) is 13.2. The van der Waals surface area contributed by atoms with Crippen molar-refractivity contribution in [1.29, 1.82) is 5.26 Å². The highest BCUT2D eigenvalue weighted by Crippen LogP contribution is 2.16. The second-order valence-electron chi connectivity index (χ2n) is 5.86. The Labute approximate surface area is 121 Å². The molecule has 0 radical (unpaired) electrons. The van der Waals surface area contributed by atoms with E-state index in [2.05, 4.69) is 4.72 Å². The van der Waals surface area contributed by atoms with E-state index in [1.165, 1.54) is 24.3 Å². The molecule has 0 aliphatic heterocycles. The Balaban J connectivity index is 2.77. The second kappa shape index (κ2) is 6.35. The molecular weight excluding hydrogens is 274 g/mol. The van der Waals surface area contributed by atoms with Crippen molar-refractivity contribution in [3.05, 3.63) is 29.8 Å². The monoisotopic (exact) mass is 295 g/mol. The molecular formula is C14H21N3O2S. The van der Waals surface area contributed by atoms with Crippen LogP contribution in [0.1, 0.15) is 19.4 Å². The van der Waals surface area contributed by atoms with Crippen LogP contribution in [-0.2, 0) is 10.0 Å². The molecule has 0 aliphatic rings. The van der Waals surface area contributed by atoms with Crippen LogP contribution < -0.4 is 4.72 Å². The van der Waals surface area contributed by atoms with Crippen LogP contribution >= 0.6 is 0 Å². The van der Waals surface area contributed by atoms with Crippen LogP contribution in [0.5, 0.6) is 0 Å². The van der Waals surface area contributed by atoms with Gasteiger partial charge in [-0.3, -0.25) is 0 Å². The molecule has 0 aliphatic carbocycles. The van der Waals surface area contributed by atoms with Crippen LogP contribution in [0.25, 0.3) is 0 Å². The van der Waals surface area contributed by atoms with E-state index in [1.54, 1.807) is 0 Å². The van der Waals surface area contributed by atoms with Crippen molar-refractivity contribution in [2.24, 2.45) is 5.41 Å². The maximum Gasteiger partial charge on any atom is 0.240 e. The summed E-state index contributed by atoms with van der Waals surface area (Å²) in [6.07, 6.45) is 0. The van der Waals surface area contributed by atoms with Crippen LogP contribution in [0.3, 0.4) is 0 Å². The minimum absolute atomic E-state index is 0.164. The average Bonchev–Trinajstić information content (AvgIpc) is 2.35. The number of nitriles is 1. The molecule has 0 amide bonds. The number of nitrogens with zero attached hydrogens (tertiary/aromatic N) is 2. The highest BCUT2D eigenvalue weighted by Gasteiger charge is 2.23. The van der Waals surface area contributed by atoms with Crippen LogP contribution in [-0.4, -0.2) is 40.5 Å². The first-order chi connectivity index (χ1) is 9.16.